The third-order valence-electron chi connectivity index (χ3n) is 15.0. The third-order valence-corrected chi connectivity index (χ3v) is 16.4. The van der Waals surface area contributed by atoms with Crippen LogP contribution in [0.15, 0.2) is 78.3 Å². The van der Waals surface area contributed by atoms with Crippen molar-refractivity contribution >= 4 is 55.2 Å². The largest absolute Gasteiger partial charge is 0.455 e. The number of aliphatic hydroxyl groups is 1. The van der Waals surface area contributed by atoms with E-state index in [1.54, 1.807) is 25.3 Å². The van der Waals surface area contributed by atoms with E-state index in [1.165, 1.54) is 55.5 Å². The molecule has 6 heterocycles. The van der Waals surface area contributed by atoms with Gasteiger partial charge in [-0.15, -0.1) is 0 Å². The maximum absolute atomic E-state index is 14.2. The molecule has 2 saturated heterocycles. The number of H-pyrrole nitrogens is 2. The highest BCUT2D eigenvalue weighted by atomic mass is 32.2. The number of fused-ring (bicyclic) bond motifs is 2. The lowest BCUT2D eigenvalue weighted by molar-refractivity contribution is -0.384. The van der Waals surface area contributed by atoms with Crippen molar-refractivity contribution in [3.05, 3.63) is 100 Å². The number of nitro groups is 1. The molecule has 17 nitrogen and oxygen atoms in total. The van der Waals surface area contributed by atoms with E-state index in [0.717, 1.165) is 56.8 Å². The lowest BCUT2D eigenvalue weighted by Crippen LogP contribution is -2.55. The van der Waals surface area contributed by atoms with Gasteiger partial charge in [0.15, 0.2) is 0 Å². The number of nitrogens with one attached hydrogen (secondary N) is 4. The number of hydrogen-bond acceptors (Lipinski definition) is 13. The smallest absolute Gasteiger partial charge is 0.296 e. The van der Waals surface area contributed by atoms with Gasteiger partial charge in [0.1, 0.15) is 44.6 Å². The monoisotopic (exact) mass is 930 g/mol. The standard InChI is InChI=1S/C49H58N10O7S/c1-30(2)35-7-4-5-8-36(35)38-9-6-18-58(38)33-24-49(25-33)15-19-57(20-16-49)42-23-40(66-34-21-32-12-17-50-46(32)53-27-34)37(28-51-42)47(60)56-67(64,65)41-22-39(59(62)63)43(45-44(41)54-29-55-45)52-26-31-10-13-48(3,61)14-11-31/h4-5,7-8,12,17,21-23,27-31,33,38,52,61H,6,9-11,13-16,18-20,24-26H2,1-3H3,(H,50,53)(H,54,55)(H,56,60)/t31-,38-,48-/m0/s1. The Kier molecular flexibility index (Phi) is 11.7. The van der Waals surface area contributed by atoms with Crippen molar-refractivity contribution in [3.63, 3.8) is 0 Å². The van der Waals surface area contributed by atoms with Crippen LogP contribution in [-0.2, 0) is 10.0 Å². The molecule has 0 unspecified atom stereocenters. The second-order valence-electron chi connectivity index (χ2n) is 19.9. The van der Waals surface area contributed by atoms with Gasteiger partial charge in [-0.25, -0.2) is 28.1 Å². The minimum absolute atomic E-state index is 0.0693. The molecule has 4 fully saturated rings. The molecule has 5 N–H and O–H groups in total. The van der Waals surface area contributed by atoms with Gasteiger partial charge in [-0.2, -0.15) is 0 Å². The summed E-state index contributed by atoms with van der Waals surface area (Å²) in [6.07, 6.45) is 15.3. The number of nitro benzene ring substituents is 1. The summed E-state index contributed by atoms with van der Waals surface area (Å²) in [5.41, 5.74) is 2.58. The van der Waals surface area contributed by atoms with Crippen LogP contribution in [0.25, 0.3) is 22.1 Å². The minimum atomic E-state index is -4.77. The predicted molar refractivity (Wildman–Crippen MR) is 255 cm³/mol. The highest BCUT2D eigenvalue weighted by molar-refractivity contribution is 7.90. The molecule has 1 spiro atoms. The number of likely N-dealkylation sites (tertiary alicyclic amines) is 1. The second-order valence-corrected chi connectivity index (χ2v) is 21.5. The number of hydrogen-bond donors (Lipinski definition) is 5. The number of carbonyl (C=O) groups excluding carboxylic acids is 1. The first-order chi connectivity index (χ1) is 32.2. The first-order valence-corrected chi connectivity index (χ1v) is 25.0. The fourth-order valence-corrected chi connectivity index (χ4v) is 12.4. The topological polar surface area (TPSA) is 225 Å². The van der Waals surface area contributed by atoms with Gasteiger partial charge < -0.3 is 30.0 Å². The zero-order chi connectivity index (χ0) is 46.7. The van der Waals surface area contributed by atoms with Crippen LogP contribution < -0.4 is 19.7 Å². The number of rotatable bonds is 13. The Balaban J connectivity index is 0.871. The van der Waals surface area contributed by atoms with Gasteiger partial charge in [-0.05, 0) is 118 Å². The average molecular weight is 931 g/mol. The van der Waals surface area contributed by atoms with E-state index >= 15 is 0 Å². The van der Waals surface area contributed by atoms with Crippen LogP contribution in [0.1, 0.15) is 118 Å². The normalized spacial score (nSPS) is 22.4. The molecule has 352 valence electrons. The lowest BCUT2D eigenvalue weighted by Gasteiger charge is -2.56. The number of piperidine rings is 1. The molecule has 1 atom stereocenters. The molecular formula is C49H58N10O7S. The summed E-state index contributed by atoms with van der Waals surface area (Å²) in [5, 5.41) is 26.8. The van der Waals surface area contributed by atoms with Crippen LogP contribution in [0.3, 0.4) is 0 Å². The van der Waals surface area contributed by atoms with Gasteiger partial charge in [-0.1, -0.05) is 38.1 Å². The van der Waals surface area contributed by atoms with Crippen molar-refractivity contribution in [1.29, 1.82) is 0 Å². The molecule has 2 aliphatic heterocycles. The lowest BCUT2D eigenvalue weighted by atomic mass is 9.60. The van der Waals surface area contributed by atoms with Crippen molar-refractivity contribution in [2.75, 3.05) is 36.4 Å². The number of anilines is 2. The zero-order valence-corrected chi connectivity index (χ0v) is 38.9. The number of amides is 1. The molecule has 1 amide bonds. The van der Waals surface area contributed by atoms with E-state index < -0.39 is 37.0 Å². The maximum Gasteiger partial charge on any atom is 0.296 e. The fraction of sp³-hybridized carbons (Fsp3) is 0.469. The summed E-state index contributed by atoms with van der Waals surface area (Å²) in [6.45, 7) is 9.40. The Morgan fingerprint density at radius 3 is 2.54 bits per heavy atom. The van der Waals surface area contributed by atoms with Gasteiger partial charge in [0.05, 0.1) is 28.6 Å². The first kappa shape index (κ1) is 44.7. The number of pyridine rings is 2. The number of carbonyl (C=O) groups is 1. The van der Waals surface area contributed by atoms with Crippen molar-refractivity contribution in [2.45, 2.75) is 113 Å². The predicted octanol–water partition coefficient (Wildman–Crippen LogP) is 8.72. The van der Waals surface area contributed by atoms with Crippen molar-refractivity contribution in [1.82, 2.24) is 34.5 Å². The number of aromatic nitrogens is 5. The van der Waals surface area contributed by atoms with Crippen molar-refractivity contribution in [3.8, 4) is 11.5 Å². The molecule has 18 heteroatoms. The van der Waals surface area contributed by atoms with Gasteiger partial charge in [0.25, 0.3) is 21.6 Å². The summed E-state index contributed by atoms with van der Waals surface area (Å²) in [5.74, 6) is 0.574. The summed E-state index contributed by atoms with van der Waals surface area (Å²) in [4.78, 5) is 49.7. The maximum atomic E-state index is 14.2. The van der Waals surface area contributed by atoms with E-state index in [-0.39, 0.29) is 39.4 Å². The molecule has 10 rings (SSSR count). The van der Waals surface area contributed by atoms with Gasteiger partial charge in [0.2, 0.25) is 0 Å². The Labute approximate surface area is 389 Å². The van der Waals surface area contributed by atoms with Crippen LogP contribution in [0.5, 0.6) is 11.5 Å². The summed E-state index contributed by atoms with van der Waals surface area (Å²) in [6, 6.07) is 16.2. The third kappa shape index (κ3) is 8.82. The number of sulfonamides is 1. The van der Waals surface area contributed by atoms with Gasteiger partial charge >= 0.3 is 0 Å². The van der Waals surface area contributed by atoms with Crippen LogP contribution in [-0.4, -0.2) is 92.0 Å². The highest BCUT2D eigenvalue weighted by Gasteiger charge is 2.50. The Hall–Kier alpha value is -6.11. The quantitative estimate of drug-likeness (QED) is 0.0540. The van der Waals surface area contributed by atoms with E-state index in [0.29, 0.717) is 54.6 Å². The summed E-state index contributed by atoms with van der Waals surface area (Å²) in [7, 11) is -4.77. The minimum Gasteiger partial charge on any atom is -0.455 e. The van der Waals surface area contributed by atoms with Crippen molar-refractivity contribution < 1.29 is 28.0 Å². The average Bonchev–Trinajstić information content (AvgIpc) is 4.09. The zero-order valence-electron chi connectivity index (χ0n) is 38.1. The Bertz CT molecular complexity index is 2940. The van der Waals surface area contributed by atoms with Gasteiger partial charge in [-0.3, -0.25) is 19.8 Å². The van der Waals surface area contributed by atoms with E-state index in [2.05, 4.69) is 77.9 Å². The summed E-state index contributed by atoms with van der Waals surface area (Å²) < 4.78 is 36.8. The highest BCUT2D eigenvalue weighted by Crippen LogP contribution is 2.54. The second kappa shape index (κ2) is 17.5. The molecule has 0 bridgehead atoms. The molecule has 2 aromatic carbocycles. The molecule has 2 aliphatic carbocycles. The van der Waals surface area contributed by atoms with Crippen LogP contribution in [0, 0.1) is 21.4 Å². The molecule has 4 aromatic heterocycles. The molecule has 2 saturated carbocycles. The number of imidazole rings is 1. The number of benzene rings is 2. The van der Waals surface area contributed by atoms with E-state index in [4.69, 9.17) is 9.72 Å². The van der Waals surface area contributed by atoms with Crippen molar-refractivity contribution in [2.24, 2.45) is 11.3 Å². The molecule has 67 heavy (non-hydrogen) atoms. The van der Waals surface area contributed by atoms with Gasteiger partial charge in [0, 0.05) is 61.6 Å². The molecule has 6 aromatic rings. The number of nitrogens with zero attached hydrogens (tertiary/aromatic N) is 6. The number of aromatic amines is 2. The SMILES string of the molecule is CC(C)c1ccccc1[C@@H]1CCCN1C1CC2(CCN(c3cc(Oc4cnc5[nH]ccc5c4)c(C(=O)NS(=O)(=O)c4cc([N+](=O)[O-])c(NC[C@H]5CC[C@](C)(O)CC5)c5[nH]cnc45)cn3)CC2)C1. The first-order valence-electron chi connectivity index (χ1n) is 23.5. The van der Waals surface area contributed by atoms with E-state index in [1.807, 2.05) is 6.07 Å². The molecular weight excluding hydrogens is 873 g/mol. The fourth-order valence-electron chi connectivity index (χ4n) is 11.2. The number of ether oxygens (including phenoxy) is 1. The van der Waals surface area contributed by atoms with E-state index in [9.17, 15) is 28.4 Å². The van der Waals surface area contributed by atoms with Crippen LogP contribution in [0.4, 0.5) is 17.2 Å². The Morgan fingerprint density at radius 1 is 1.00 bits per heavy atom. The van der Waals surface area contributed by atoms with Crippen LogP contribution in [0.2, 0.25) is 0 Å². The Morgan fingerprint density at radius 2 is 1.78 bits per heavy atom. The summed E-state index contributed by atoms with van der Waals surface area (Å²) >= 11 is 0. The molecule has 0 radical (unpaired) electrons. The van der Waals surface area contributed by atoms with Crippen LogP contribution >= 0.6 is 0 Å². The molecule has 4 aliphatic rings.